The van der Waals surface area contributed by atoms with E-state index in [0.29, 0.717) is 24.9 Å². The van der Waals surface area contributed by atoms with E-state index in [1.807, 2.05) is 0 Å². The van der Waals surface area contributed by atoms with E-state index in [-0.39, 0.29) is 6.10 Å². The summed E-state index contributed by atoms with van der Waals surface area (Å²) in [7, 11) is 0. The summed E-state index contributed by atoms with van der Waals surface area (Å²) >= 11 is 0. The first-order valence-corrected chi connectivity index (χ1v) is 8.53. The monoisotopic (exact) mass is 283 g/mol. The molecule has 1 heterocycles. The molecule has 118 valence electrons. The Kier molecular flexibility index (Phi) is 9.12. The Bertz CT molecular complexity index is 266. The molecule has 0 radical (unpaired) electrons. The maximum atomic E-state index is 12.1. The number of nitrogens with zero attached hydrogens (tertiary/aromatic N) is 1. The Morgan fingerprint density at radius 2 is 1.80 bits per heavy atom. The fourth-order valence-electron chi connectivity index (χ4n) is 2.75. The van der Waals surface area contributed by atoms with Gasteiger partial charge in [-0.05, 0) is 20.3 Å². The van der Waals surface area contributed by atoms with Crippen molar-refractivity contribution in [3.05, 3.63) is 0 Å². The lowest BCUT2D eigenvalue weighted by Gasteiger charge is -2.34. The second kappa shape index (κ2) is 10.3. The quantitative estimate of drug-likeness (QED) is 0.571. The van der Waals surface area contributed by atoms with Crippen molar-refractivity contribution >= 4 is 5.78 Å². The minimum Gasteiger partial charge on any atom is -0.368 e. The van der Waals surface area contributed by atoms with Crippen LogP contribution in [0.3, 0.4) is 0 Å². The van der Waals surface area contributed by atoms with Gasteiger partial charge in [-0.15, -0.1) is 0 Å². The van der Waals surface area contributed by atoms with Crippen molar-refractivity contribution in [1.29, 1.82) is 0 Å². The van der Waals surface area contributed by atoms with Gasteiger partial charge in [0, 0.05) is 25.6 Å². The van der Waals surface area contributed by atoms with E-state index in [2.05, 4.69) is 25.7 Å². The van der Waals surface area contributed by atoms with Gasteiger partial charge in [-0.25, -0.2) is 0 Å². The molecule has 1 fully saturated rings. The Labute approximate surface area is 125 Å². The first-order valence-electron chi connectivity index (χ1n) is 8.53. The molecule has 1 saturated heterocycles. The molecule has 1 aliphatic rings. The van der Waals surface area contributed by atoms with Crippen LogP contribution in [-0.4, -0.2) is 42.5 Å². The molecule has 0 saturated carbocycles. The molecule has 1 rings (SSSR count). The summed E-state index contributed by atoms with van der Waals surface area (Å²) in [5.74, 6) is 0.309. The molecule has 20 heavy (non-hydrogen) atoms. The SMILES string of the molecule is CCCCCCCCCC(=O)C1CN(C(C)C)CCO1. The number of unbranched alkanes of at least 4 members (excludes halogenated alkanes) is 6. The van der Waals surface area contributed by atoms with Crippen LogP contribution in [0.15, 0.2) is 0 Å². The van der Waals surface area contributed by atoms with Gasteiger partial charge >= 0.3 is 0 Å². The van der Waals surface area contributed by atoms with Crippen LogP contribution in [-0.2, 0) is 9.53 Å². The predicted octanol–water partition coefficient (Wildman–Crippen LogP) is 3.81. The van der Waals surface area contributed by atoms with Crippen LogP contribution in [0.5, 0.6) is 0 Å². The van der Waals surface area contributed by atoms with Crippen LogP contribution in [0.1, 0.15) is 72.1 Å². The number of Topliss-reactive ketones (excluding diaryl/α,β-unsaturated/α-hetero) is 1. The number of rotatable bonds is 10. The number of hydrogen-bond acceptors (Lipinski definition) is 3. The van der Waals surface area contributed by atoms with Crippen molar-refractivity contribution in [2.75, 3.05) is 19.7 Å². The third-order valence-corrected chi connectivity index (χ3v) is 4.21. The van der Waals surface area contributed by atoms with Crippen LogP contribution in [0, 0.1) is 0 Å². The third-order valence-electron chi connectivity index (χ3n) is 4.21. The molecule has 0 spiro atoms. The first kappa shape index (κ1) is 17.6. The number of carbonyl (C=O) groups excluding carboxylic acids is 1. The van der Waals surface area contributed by atoms with Gasteiger partial charge in [-0.3, -0.25) is 9.69 Å². The second-order valence-electron chi connectivity index (χ2n) is 6.29. The Morgan fingerprint density at radius 1 is 1.15 bits per heavy atom. The van der Waals surface area contributed by atoms with Crippen LogP contribution in [0.25, 0.3) is 0 Å². The smallest absolute Gasteiger partial charge is 0.162 e. The molecule has 0 bridgehead atoms. The molecular weight excluding hydrogens is 250 g/mol. The molecule has 1 aliphatic heterocycles. The summed E-state index contributed by atoms with van der Waals surface area (Å²) in [6, 6.07) is 0.507. The van der Waals surface area contributed by atoms with Gasteiger partial charge in [-0.1, -0.05) is 45.4 Å². The molecule has 0 N–H and O–H groups in total. The van der Waals surface area contributed by atoms with Crippen LogP contribution < -0.4 is 0 Å². The van der Waals surface area contributed by atoms with Crippen LogP contribution in [0.4, 0.5) is 0 Å². The van der Waals surface area contributed by atoms with Crippen LogP contribution >= 0.6 is 0 Å². The van der Waals surface area contributed by atoms with E-state index >= 15 is 0 Å². The van der Waals surface area contributed by atoms with Crippen LogP contribution in [0.2, 0.25) is 0 Å². The van der Waals surface area contributed by atoms with E-state index in [0.717, 1.165) is 19.5 Å². The Morgan fingerprint density at radius 3 is 2.45 bits per heavy atom. The summed E-state index contributed by atoms with van der Waals surface area (Å²) in [5, 5.41) is 0. The molecule has 0 aliphatic carbocycles. The van der Waals surface area contributed by atoms with E-state index in [9.17, 15) is 4.79 Å². The standard InChI is InChI=1S/C17H33NO2/c1-4-5-6-7-8-9-10-11-16(19)17-14-18(15(2)3)12-13-20-17/h15,17H,4-14H2,1-3H3. The Balaban J connectivity index is 2.10. The molecule has 3 heteroatoms. The number of morpholine rings is 1. The van der Waals surface area contributed by atoms with Crippen molar-refractivity contribution in [3.63, 3.8) is 0 Å². The van der Waals surface area contributed by atoms with Gasteiger partial charge in [0.15, 0.2) is 5.78 Å². The molecule has 0 aromatic heterocycles. The van der Waals surface area contributed by atoms with E-state index in [4.69, 9.17) is 4.74 Å². The lowest BCUT2D eigenvalue weighted by Crippen LogP contribution is -2.48. The average molecular weight is 283 g/mol. The molecule has 0 aromatic carbocycles. The number of ether oxygens (including phenoxy) is 1. The maximum absolute atomic E-state index is 12.1. The summed E-state index contributed by atoms with van der Waals surface area (Å²) < 4.78 is 5.64. The van der Waals surface area contributed by atoms with E-state index < -0.39 is 0 Å². The van der Waals surface area contributed by atoms with Gasteiger partial charge in [0.25, 0.3) is 0 Å². The third kappa shape index (κ3) is 6.85. The topological polar surface area (TPSA) is 29.5 Å². The highest BCUT2D eigenvalue weighted by molar-refractivity contribution is 5.83. The van der Waals surface area contributed by atoms with E-state index in [1.165, 1.54) is 38.5 Å². The van der Waals surface area contributed by atoms with Gasteiger partial charge in [0.05, 0.1) is 6.61 Å². The summed E-state index contributed by atoms with van der Waals surface area (Å²) in [6.07, 6.45) is 9.34. The minimum atomic E-state index is -0.175. The first-order chi connectivity index (χ1) is 9.65. The zero-order valence-electron chi connectivity index (χ0n) is 13.7. The predicted molar refractivity (Wildman–Crippen MR) is 84.1 cm³/mol. The van der Waals surface area contributed by atoms with Crippen molar-refractivity contribution in [3.8, 4) is 0 Å². The van der Waals surface area contributed by atoms with Gasteiger partial charge in [0.2, 0.25) is 0 Å². The lowest BCUT2D eigenvalue weighted by atomic mass is 10.0. The second-order valence-corrected chi connectivity index (χ2v) is 6.29. The van der Waals surface area contributed by atoms with Gasteiger partial charge in [-0.2, -0.15) is 0 Å². The summed E-state index contributed by atoms with van der Waals surface area (Å²) in [5.41, 5.74) is 0. The summed E-state index contributed by atoms with van der Waals surface area (Å²) in [6.45, 7) is 9.05. The lowest BCUT2D eigenvalue weighted by molar-refractivity contribution is -0.137. The molecule has 1 atom stereocenters. The fraction of sp³-hybridized carbons (Fsp3) is 0.941. The number of hydrogen-bond donors (Lipinski definition) is 0. The van der Waals surface area contributed by atoms with Gasteiger partial charge in [0.1, 0.15) is 6.10 Å². The van der Waals surface area contributed by atoms with Crippen molar-refractivity contribution < 1.29 is 9.53 Å². The normalized spacial score (nSPS) is 20.5. The Hall–Kier alpha value is -0.410. The van der Waals surface area contributed by atoms with E-state index in [1.54, 1.807) is 0 Å². The van der Waals surface area contributed by atoms with Gasteiger partial charge < -0.3 is 4.74 Å². The highest BCUT2D eigenvalue weighted by Gasteiger charge is 2.26. The fourth-order valence-corrected chi connectivity index (χ4v) is 2.75. The molecule has 3 nitrogen and oxygen atoms in total. The zero-order valence-corrected chi connectivity index (χ0v) is 13.7. The zero-order chi connectivity index (χ0) is 14.8. The van der Waals surface area contributed by atoms with Crippen molar-refractivity contribution in [2.45, 2.75) is 84.3 Å². The molecule has 0 amide bonds. The molecule has 1 unspecified atom stereocenters. The molecular formula is C17H33NO2. The number of carbonyl (C=O) groups is 1. The highest BCUT2D eigenvalue weighted by atomic mass is 16.5. The highest BCUT2D eigenvalue weighted by Crippen LogP contribution is 2.14. The van der Waals surface area contributed by atoms with Crippen molar-refractivity contribution in [1.82, 2.24) is 4.90 Å². The molecule has 0 aromatic rings. The number of ketones is 1. The average Bonchev–Trinajstić information content (AvgIpc) is 2.46. The maximum Gasteiger partial charge on any atom is 0.162 e. The van der Waals surface area contributed by atoms with Crippen molar-refractivity contribution in [2.24, 2.45) is 0 Å². The summed E-state index contributed by atoms with van der Waals surface area (Å²) in [4.78, 5) is 14.5. The largest absolute Gasteiger partial charge is 0.368 e. The minimum absolute atomic E-state index is 0.175.